The van der Waals surface area contributed by atoms with Gasteiger partial charge in [-0.25, -0.2) is 0 Å². The van der Waals surface area contributed by atoms with Crippen LogP contribution in [0.4, 0.5) is 0 Å². The zero-order valence-corrected chi connectivity index (χ0v) is 10.7. The van der Waals surface area contributed by atoms with E-state index in [0.717, 1.165) is 25.9 Å². The molecule has 0 saturated carbocycles. The maximum atomic E-state index is 5.94. The molecule has 1 aliphatic rings. The van der Waals surface area contributed by atoms with E-state index in [1.807, 2.05) is 13.8 Å². The van der Waals surface area contributed by atoms with Crippen LogP contribution in [0.15, 0.2) is 0 Å². The molecule has 16 heavy (non-hydrogen) atoms. The SMILES string of the molecule is CCOC(CCN1CCC[C@@H](N)C1)OCC. The molecule has 4 nitrogen and oxygen atoms in total. The standard InChI is InChI=1S/C12H26N2O2/c1-3-15-12(16-4-2)7-9-14-8-5-6-11(13)10-14/h11-12H,3-10,13H2,1-2H3/t11-/m1/s1. The van der Waals surface area contributed by atoms with E-state index in [9.17, 15) is 0 Å². The maximum Gasteiger partial charge on any atom is 0.158 e. The number of likely N-dealkylation sites (tertiary alicyclic amines) is 1. The molecule has 1 rings (SSSR count). The molecule has 0 aromatic carbocycles. The van der Waals surface area contributed by atoms with Gasteiger partial charge in [0.25, 0.3) is 0 Å². The van der Waals surface area contributed by atoms with E-state index in [4.69, 9.17) is 15.2 Å². The summed E-state index contributed by atoms with van der Waals surface area (Å²) in [5.41, 5.74) is 5.94. The monoisotopic (exact) mass is 230 g/mol. The highest BCUT2D eigenvalue weighted by Crippen LogP contribution is 2.10. The molecule has 1 saturated heterocycles. The van der Waals surface area contributed by atoms with Crippen LogP contribution in [0.5, 0.6) is 0 Å². The fourth-order valence-corrected chi connectivity index (χ4v) is 2.17. The van der Waals surface area contributed by atoms with E-state index in [1.165, 1.54) is 13.0 Å². The first-order valence-electron chi connectivity index (χ1n) is 6.47. The van der Waals surface area contributed by atoms with Crippen LogP contribution < -0.4 is 5.73 Å². The van der Waals surface area contributed by atoms with E-state index in [2.05, 4.69) is 4.90 Å². The molecule has 0 aromatic rings. The summed E-state index contributed by atoms with van der Waals surface area (Å²) in [5.74, 6) is 0. The quantitative estimate of drug-likeness (QED) is 0.668. The van der Waals surface area contributed by atoms with Crippen LogP contribution in [0.2, 0.25) is 0 Å². The first-order chi connectivity index (χ1) is 7.76. The second-order valence-electron chi connectivity index (χ2n) is 4.33. The van der Waals surface area contributed by atoms with Gasteiger partial charge in [-0.3, -0.25) is 0 Å². The zero-order valence-electron chi connectivity index (χ0n) is 10.7. The van der Waals surface area contributed by atoms with Crippen molar-refractivity contribution in [2.45, 2.75) is 45.4 Å². The highest BCUT2D eigenvalue weighted by Gasteiger charge is 2.18. The smallest absolute Gasteiger partial charge is 0.158 e. The summed E-state index contributed by atoms with van der Waals surface area (Å²) in [5, 5.41) is 0. The summed E-state index contributed by atoms with van der Waals surface area (Å²) in [7, 11) is 0. The molecule has 4 heteroatoms. The molecule has 0 aliphatic carbocycles. The van der Waals surface area contributed by atoms with Crippen molar-refractivity contribution < 1.29 is 9.47 Å². The van der Waals surface area contributed by atoms with Crippen LogP contribution in [0, 0.1) is 0 Å². The molecule has 0 bridgehead atoms. The van der Waals surface area contributed by atoms with E-state index in [-0.39, 0.29) is 6.29 Å². The molecule has 96 valence electrons. The fourth-order valence-electron chi connectivity index (χ4n) is 2.17. The lowest BCUT2D eigenvalue weighted by atomic mass is 10.1. The van der Waals surface area contributed by atoms with Crippen molar-refractivity contribution in [3.63, 3.8) is 0 Å². The third-order valence-electron chi connectivity index (χ3n) is 2.93. The Balaban J connectivity index is 2.19. The number of hydrogen-bond donors (Lipinski definition) is 1. The Morgan fingerprint density at radius 3 is 2.56 bits per heavy atom. The fraction of sp³-hybridized carbons (Fsp3) is 1.00. The Bertz CT molecular complexity index is 168. The number of piperidine rings is 1. The molecular formula is C12H26N2O2. The first kappa shape index (κ1) is 13.9. The molecule has 1 atom stereocenters. The van der Waals surface area contributed by atoms with Crippen LogP contribution in [0.25, 0.3) is 0 Å². The largest absolute Gasteiger partial charge is 0.353 e. The van der Waals surface area contributed by atoms with Gasteiger partial charge in [-0.15, -0.1) is 0 Å². The number of rotatable bonds is 7. The van der Waals surface area contributed by atoms with Crippen molar-refractivity contribution in [2.24, 2.45) is 5.73 Å². The van der Waals surface area contributed by atoms with Crippen molar-refractivity contribution in [3.8, 4) is 0 Å². The first-order valence-corrected chi connectivity index (χ1v) is 6.47. The molecule has 1 heterocycles. The normalized spacial score (nSPS) is 22.9. The summed E-state index contributed by atoms with van der Waals surface area (Å²) < 4.78 is 11.0. The predicted molar refractivity (Wildman–Crippen MR) is 65.3 cm³/mol. The van der Waals surface area contributed by atoms with Crippen LogP contribution in [-0.4, -0.2) is 50.1 Å². The van der Waals surface area contributed by atoms with Crippen LogP contribution >= 0.6 is 0 Å². The molecule has 0 unspecified atom stereocenters. The Morgan fingerprint density at radius 2 is 2.00 bits per heavy atom. The average Bonchev–Trinajstić information content (AvgIpc) is 2.27. The van der Waals surface area contributed by atoms with Gasteiger partial charge in [-0.2, -0.15) is 0 Å². The second kappa shape index (κ2) is 8.01. The topological polar surface area (TPSA) is 47.7 Å². The lowest BCUT2D eigenvalue weighted by Gasteiger charge is -2.31. The predicted octanol–water partition coefficient (Wildman–Crippen LogP) is 1.20. The molecule has 0 aromatic heterocycles. The van der Waals surface area contributed by atoms with Crippen LogP contribution in [-0.2, 0) is 9.47 Å². The van der Waals surface area contributed by atoms with E-state index < -0.39 is 0 Å². The average molecular weight is 230 g/mol. The molecule has 0 amide bonds. The highest BCUT2D eigenvalue weighted by molar-refractivity contribution is 4.74. The molecule has 0 radical (unpaired) electrons. The third-order valence-corrected chi connectivity index (χ3v) is 2.93. The highest BCUT2D eigenvalue weighted by atomic mass is 16.7. The van der Waals surface area contributed by atoms with Crippen LogP contribution in [0.3, 0.4) is 0 Å². The van der Waals surface area contributed by atoms with Gasteiger partial charge in [0.1, 0.15) is 0 Å². The van der Waals surface area contributed by atoms with E-state index >= 15 is 0 Å². The molecule has 0 spiro atoms. The van der Waals surface area contributed by atoms with Crippen LogP contribution in [0.1, 0.15) is 33.1 Å². The van der Waals surface area contributed by atoms with Crippen molar-refractivity contribution in [1.82, 2.24) is 4.90 Å². The summed E-state index contributed by atoms with van der Waals surface area (Å²) in [6.07, 6.45) is 3.27. The van der Waals surface area contributed by atoms with Gasteiger partial charge < -0.3 is 20.1 Å². The Morgan fingerprint density at radius 1 is 1.31 bits per heavy atom. The van der Waals surface area contributed by atoms with Gasteiger partial charge in [-0.05, 0) is 33.2 Å². The van der Waals surface area contributed by atoms with E-state index in [1.54, 1.807) is 0 Å². The molecule has 1 fully saturated rings. The van der Waals surface area contributed by atoms with Crippen molar-refractivity contribution in [1.29, 1.82) is 0 Å². The zero-order chi connectivity index (χ0) is 11.8. The second-order valence-corrected chi connectivity index (χ2v) is 4.33. The number of nitrogens with zero attached hydrogens (tertiary/aromatic N) is 1. The maximum absolute atomic E-state index is 5.94. The minimum atomic E-state index is -0.0480. The number of nitrogens with two attached hydrogens (primary N) is 1. The molecule has 2 N–H and O–H groups in total. The summed E-state index contributed by atoms with van der Waals surface area (Å²) in [4.78, 5) is 2.42. The van der Waals surface area contributed by atoms with Gasteiger partial charge in [0.05, 0.1) is 0 Å². The number of hydrogen-bond acceptors (Lipinski definition) is 4. The van der Waals surface area contributed by atoms with E-state index in [0.29, 0.717) is 19.3 Å². The van der Waals surface area contributed by atoms with Gasteiger partial charge in [-0.1, -0.05) is 0 Å². The van der Waals surface area contributed by atoms with Gasteiger partial charge in [0, 0.05) is 38.8 Å². The minimum absolute atomic E-state index is 0.0480. The van der Waals surface area contributed by atoms with Crippen molar-refractivity contribution in [2.75, 3.05) is 32.8 Å². The summed E-state index contributed by atoms with van der Waals surface area (Å²) >= 11 is 0. The Hall–Kier alpha value is -0.160. The lowest BCUT2D eigenvalue weighted by molar-refractivity contribution is -0.142. The number of ether oxygens (including phenoxy) is 2. The summed E-state index contributed by atoms with van der Waals surface area (Å²) in [6, 6.07) is 0.353. The third kappa shape index (κ3) is 5.25. The van der Waals surface area contributed by atoms with Crippen molar-refractivity contribution in [3.05, 3.63) is 0 Å². The van der Waals surface area contributed by atoms with Gasteiger partial charge in [0.15, 0.2) is 6.29 Å². The molecular weight excluding hydrogens is 204 g/mol. The Kier molecular flexibility index (Phi) is 6.96. The minimum Gasteiger partial charge on any atom is -0.353 e. The van der Waals surface area contributed by atoms with Crippen molar-refractivity contribution >= 4 is 0 Å². The molecule has 1 aliphatic heterocycles. The lowest BCUT2D eigenvalue weighted by Crippen LogP contribution is -2.43. The summed E-state index contributed by atoms with van der Waals surface area (Å²) in [6.45, 7) is 8.64. The van der Waals surface area contributed by atoms with Gasteiger partial charge in [0.2, 0.25) is 0 Å². The van der Waals surface area contributed by atoms with Gasteiger partial charge >= 0.3 is 0 Å². The Labute approximate surface area is 99.1 Å².